The van der Waals surface area contributed by atoms with Crippen molar-refractivity contribution in [2.24, 2.45) is 0 Å². The SMILES string of the molecule is COC(=O)Cc1ccccc1CN1CCN[C@H](C)C1. The number of benzene rings is 1. The maximum absolute atomic E-state index is 11.4. The van der Waals surface area contributed by atoms with Gasteiger partial charge in [0, 0.05) is 32.2 Å². The molecule has 1 heterocycles. The summed E-state index contributed by atoms with van der Waals surface area (Å²) in [7, 11) is 1.43. The minimum atomic E-state index is -0.180. The first-order chi connectivity index (χ1) is 9.19. The van der Waals surface area contributed by atoms with Gasteiger partial charge in [0.05, 0.1) is 13.5 Å². The summed E-state index contributed by atoms with van der Waals surface area (Å²) in [5.41, 5.74) is 2.29. The fourth-order valence-corrected chi connectivity index (χ4v) is 2.51. The first-order valence-corrected chi connectivity index (χ1v) is 6.78. The van der Waals surface area contributed by atoms with Crippen LogP contribution in [0.4, 0.5) is 0 Å². The van der Waals surface area contributed by atoms with Gasteiger partial charge in [-0.2, -0.15) is 0 Å². The highest BCUT2D eigenvalue weighted by atomic mass is 16.5. The van der Waals surface area contributed by atoms with E-state index >= 15 is 0 Å². The van der Waals surface area contributed by atoms with Crippen LogP contribution in [0.25, 0.3) is 0 Å². The number of esters is 1. The third-order valence-corrected chi connectivity index (χ3v) is 3.53. The van der Waals surface area contributed by atoms with Crippen LogP contribution in [-0.2, 0) is 22.5 Å². The van der Waals surface area contributed by atoms with E-state index in [1.807, 2.05) is 18.2 Å². The van der Waals surface area contributed by atoms with Crippen LogP contribution in [0.15, 0.2) is 24.3 Å². The lowest BCUT2D eigenvalue weighted by molar-refractivity contribution is -0.139. The molecule has 0 aliphatic carbocycles. The van der Waals surface area contributed by atoms with Gasteiger partial charge in [0.15, 0.2) is 0 Å². The fourth-order valence-electron chi connectivity index (χ4n) is 2.51. The minimum absolute atomic E-state index is 0.180. The van der Waals surface area contributed by atoms with Gasteiger partial charge in [0.25, 0.3) is 0 Å². The molecule has 1 atom stereocenters. The average molecular weight is 262 g/mol. The van der Waals surface area contributed by atoms with E-state index in [1.165, 1.54) is 12.7 Å². The van der Waals surface area contributed by atoms with Crippen molar-refractivity contribution in [1.29, 1.82) is 0 Å². The molecule has 1 saturated heterocycles. The smallest absolute Gasteiger partial charge is 0.309 e. The molecule has 0 radical (unpaired) electrons. The Labute approximate surface area is 114 Å². The van der Waals surface area contributed by atoms with Gasteiger partial charge in [0.2, 0.25) is 0 Å². The topological polar surface area (TPSA) is 41.6 Å². The molecule has 1 aliphatic heterocycles. The Morgan fingerprint density at radius 2 is 2.16 bits per heavy atom. The van der Waals surface area contributed by atoms with Gasteiger partial charge in [0.1, 0.15) is 0 Å². The maximum atomic E-state index is 11.4. The number of nitrogens with zero attached hydrogens (tertiary/aromatic N) is 1. The molecule has 1 fully saturated rings. The molecule has 104 valence electrons. The van der Waals surface area contributed by atoms with Crippen LogP contribution in [0.5, 0.6) is 0 Å². The highest BCUT2D eigenvalue weighted by Crippen LogP contribution is 2.14. The van der Waals surface area contributed by atoms with Crippen molar-refractivity contribution < 1.29 is 9.53 Å². The molecule has 0 unspecified atom stereocenters. The largest absolute Gasteiger partial charge is 0.469 e. The molecular formula is C15H22N2O2. The van der Waals surface area contributed by atoms with Crippen molar-refractivity contribution >= 4 is 5.97 Å². The van der Waals surface area contributed by atoms with Crippen LogP contribution in [-0.4, -0.2) is 43.7 Å². The van der Waals surface area contributed by atoms with Gasteiger partial charge in [-0.3, -0.25) is 9.69 Å². The Bertz CT molecular complexity index is 434. The first-order valence-electron chi connectivity index (χ1n) is 6.78. The molecule has 4 nitrogen and oxygen atoms in total. The molecule has 1 N–H and O–H groups in total. The Kier molecular flexibility index (Phi) is 4.93. The maximum Gasteiger partial charge on any atom is 0.309 e. The third kappa shape index (κ3) is 4.04. The molecule has 0 saturated carbocycles. The van der Waals surface area contributed by atoms with E-state index in [0.29, 0.717) is 12.5 Å². The first kappa shape index (κ1) is 14.0. The molecule has 1 aromatic rings. The average Bonchev–Trinajstić information content (AvgIpc) is 2.41. The number of hydrogen-bond acceptors (Lipinski definition) is 4. The Morgan fingerprint density at radius 3 is 2.84 bits per heavy atom. The molecule has 1 aliphatic rings. The number of carbonyl (C=O) groups is 1. The molecule has 0 bridgehead atoms. The van der Waals surface area contributed by atoms with Crippen LogP contribution in [0.3, 0.4) is 0 Å². The van der Waals surface area contributed by atoms with Crippen molar-refractivity contribution in [2.75, 3.05) is 26.7 Å². The molecule has 0 aromatic heterocycles. The van der Waals surface area contributed by atoms with Gasteiger partial charge >= 0.3 is 5.97 Å². The molecule has 4 heteroatoms. The predicted octanol–water partition coefficient (Wildman–Crippen LogP) is 1.20. The van der Waals surface area contributed by atoms with Crippen LogP contribution < -0.4 is 5.32 Å². The fraction of sp³-hybridized carbons (Fsp3) is 0.533. The summed E-state index contributed by atoms with van der Waals surface area (Å²) in [5, 5.41) is 3.44. The zero-order valence-electron chi connectivity index (χ0n) is 11.7. The summed E-state index contributed by atoms with van der Waals surface area (Å²) < 4.78 is 4.75. The minimum Gasteiger partial charge on any atom is -0.469 e. The number of carbonyl (C=O) groups excluding carboxylic acids is 1. The van der Waals surface area contributed by atoms with Crippen LogP contribution in [0, 0.1) is 0 Å². The Morgan fingerprint density at radius 1 is 1.42 bits per heavy atom. The quantitative estimate of drug-likeness (QED) is 0.828. The molecule has 19 heavy (non-hydrogen) atoms. The number of ether oxygens (including phenoxy) is 1. The second kappa shape index (κ2) is 6.68. The van der Waals surface area contributed by atoms with Crippen molar-refractivity contribution in [2.45, 2.75) is 25.9 Å². The van der Waals surface area contributed by atoms with Crippen molar-refractivity contribution in [1.82, 2.24) is 10.2 Å². The van der Waals surface area contributed by atoms with E-state index in [4.69, 9.17) is 4.74 Å². The second-order valence-corrected chi connectivity index (χ2v) is 5.11. The molecule has 1 aromatic carbocycles. The summed E-state index contributed by atoms with van der Waals surface area (Å²) in [6.45, 7) is 6.23. The third-order valence-electron chi connectivity index (χ3n) is 3.53. The molecule has 0 amide bonds. The van der Waals surface area contributed by atoms with Crippen molar-refractivity contribution in [3.63, 3.8) is 0 Å². The van der Waals surface area contributed by atoms with E-state index in [9.17, 15) is 4.79 Å². The second-order valence-electron chi connectivity index (χ2n) is 5.11. The van der Waals surface area contributed by atoms with Crippen LogP contribution in [0.2, 0.25) is 0 Å². The normalized spacial score (nSPS) is 20.2. The Hall–Kier alpha value is -1.39. The lowest BCUT2D eigenvalue weighted by Gasteiger charge is -2.32. The summed E-state index contributed by atoms with van der Waals surface area (Å²) >= 11 is 0. The monoisotopic (exact) mass is 262 g/mol. The van der Waals surface area contributed by atoms with Gasteiger partial charge in [-0.15, -0.1) is 0 Å². The zero-order valence-corrected chi connectivity index (χ0v) is 11.7. The zero-order chi connectivity index (χ0) is 13.7. The summed E-state index contributed by atoms with van der Waals surface area (Å²) in [6, 6.07) is 8.65. The molecule has 2 rings (SSSR count). The standard InChI is InChI=1S/C15H22N2O2/c1-12-10-17(8-7-16-12)11-14-6-4-3-5-13(14)9-15(18)19-2/h3-6,12,16H,7-11H2,1-2H3/t12-/m1/s1. The lowest BCUT2D eigenvalue weighted by atomic mass is 10.0. The van der Waals surface area contributed by atoms with E-state index in [-0.39, 0.29) is 5.97 Å². The number of hydrogen-bond donors (Lipinski definition) is 1. The Balaban J connectivity index is 2.04. The number of piperazine rings is 1. The van der Waals surface area contributed by atoms with Gasteiger partial charge in [-0.25, -0.2) is 0 Å². The predicted molar refractivity (Wildman–Crippen MR) is 74.9 cm³/mol. The summed E-state index contributed by atoms with van der Waals surface area (Å²) in [4.78, 5) is 13.9. The molecular weight excluding hydrogens is 240 g/mol. The highest BCUT2D eigenvalue weighted by molar-refractivity contribution is 5.72. The summed E-state index contributed by atoms with van der Waals surface area (Å²) in [6.07, 6.45) is 0.355. The van der Waals surface area contributed by atoms with Gasteiger partial charge in [-0.1, -0.05) is 24.3 Å². The van der Waals surface area contributed by atoms with E-state index in [2.05, 4.69) is 23.2 Å². The number of methoxy groups -OCH3 is 1. The van der Waals surface area contributed by atoms with Crippen LogP contribution in [0.1, 0.15) is 18.1 Å². The van der Waals surface area contributed by atoms with E-state index in [1.54, 1.807) is 0 Å². The number of nitrogens with one attached hydrogen (secondary N) is 1. The van der Waals surface area contributed by atoms with Crippen LogP contribution >= 0.6 is 0 Å². The van der Waals surface area contributed by atoms with Crippen molar-refractivity contribution in [3.05, 3.63) is 35.4 Å². The van der Waals surface area contributed by atoms with Gasteiger partial charge < -0.3 is 10.1 Å². The van der Waals surface area contributed by atoms with Crippen molar-refractivity contribution in [3.8, 4) is 0 Å². The van der Waals surface area contributed by atoms with E-state index in [0.717, 1.165) is 31.7 Å². The highest BCUT2D eigenvalue weighted by Gasteiger charge is 2.17. The van der Waals surface area contributed by atoms with Gasteiger partial charge in [-0.05, 0) is 18.1 Å². The molecule has 0 spiro atoms. The number of rotatable bonds is 4. The lowest BCUT2D eigenvalue weighted by Crippen LogP contribution is -2.48. The van der Waals surface area contributed by atoms with E-state index < -0.39 is 0 Å². The summed E-state index contributed by atoms with van der Waals surface area (Å²) in [5.74, 6) is -0.180.